The van der Waals surface area contributed by atoms with Crippen molar-refractivity contribution in [1.29, 1.82) is 0 Å². The topological polar surface area (TPSA) is 0 Å². The van der Waals surface area contributed by atoms with Crippen molar-refractivity contribution in [1.82, 2.24) is 0 Å². The van der Waals surface area contributed by atoms with E-state index < -0.39 is 0 Å². The molecule has 1 heteroatoms. The SMILES string of the molecule is CCCCPc1cccc2ccccc12. The fourth-order valence-electron chi connectivity index (χ4n) is 1.78. The van der Waals surface area contributed by atoms with Crippen molar-refractivity contribution in [3.05, 3.63) is 42.5 Å². The first-order valence-electron chi connectivity index (χ1n) is 5.63. The van der Waals surface area contributed by atoms with E-state index in [2.05, 4.69) is 49.4 Å². The van der Waals surface area contributed by atoms with Crippen LogP contribution in [0.3, 0.4) is 0 Å². The molecule has 15 heavy (non-hydrogen) atoms. The zero-order valence-corrected chi connectivity index (χ0v) is 10.2. The van der Waals surface area contributed by atoms with Crippen LogP contribution in [0.5, 0.6) is 0 Å². The van der Waals surface area contributed by atoms with Gasteiger partial charge in [0.25, 0.3) is 0 Å². The molecule has 0 N–H and O–H groups in total. The maximum absolute atomic E-state index is 2.27. The zero-order chi connectivity index (χ0) is 10.5. The molecule has 0 fully saturated rings. The number of benzene rings is 2. The van der Waals surface area contributed by atoms with E-state index in [0.717, 1.165) is 8.58 Å². The summed E-state index contributed by atoms with van der Waals surface area (Å²) in [6.45, 7) is 2.26. The summed E-state index contributed by atoms with van der Waals surface area (Å²) in [4.78, 5) is 0. The van der Waals surface area contributed by atoms with Gasteiger partial charge in [0.05, 0.1) is 0 Å². The maximum Gasteiger partial charge on any atom is -0.0110 e. The van der Waals surface area contributed by atoms with Crippen LogP contribution in [-0.2, 0) is 0 Å². The van der Waals surface area contributed by atoms with Crippen LogP contribution in [0.15, 0.2) is 42.5 Å². The highest BCUT2D eigenvalue weighted by atomic mass is 31.1. The van der Waals surface area contributed by atoms with Gasteiger partial charge in [-0.05, 0) is 28.7 Å². The summed E-state index contributed by atoms with van der Waals surface area (Å²) in [7, 11) is 0.965. The van der Waals surface area contributed by atoms with E-state index >= 15 is 0 Å². The summed E-state index contributed by atoms with van der Waals surface area (Å²) in [5, 5.41) is 4.34. The third-order valence-corrected chi connectivity index (χ3v) is 4.06. The van der Waals surface area contributed by atoms with Gasteiger partial charge in [0.2, 0.25) is 0 Å². The van der Waals surface area contributed by atoms with Gasteiger partial charge in [0, 0.05) is 0 Å². The normalized spacial score (nSPS) is 11.5. The lowest BCUT2D eigenvalue weighted by Crippen LogP contribution is -1.97. The fraction of sp³-hybridized carbons (Fsp3) is 0.286. The first kappa shape index (κ1) is 10.6. The van der Waals surface area contributed by atoms with Gasteiger partial charge in [0.15, 0.2) is 0 Å². The molecule has 0 spiro atoms. The van der Waals surface area contributed by atoms with E-state index in [1.807, 2.05) is 0 Å². The van der Waals surface area contributed by atoms with E-state index in [1.54, 1.807) is 0 Å². The molecule has 0 saturated carbocycles. The van der Waals surface area contributed by atoms with Crippen LogP contribution in [-0.4, -0.2) is 6.16 Å². The van der Waals surface area contributed by atoms with Crippen LogP contribution in [0, 0.1) is 0 Å². The Hall–Kier alpha value is -0.870. The summed E-state index contributed by atoms with van der Waals surface area (Å²) in [6.07, 6.45) is 3.99. The molecular formula is C14H17P. The molecule has 2 aromatic rings. The molecule has 0 bridgehead atoms. The molecule has 1 atom stereocenters. The van der Waals surface area contributed by atoms with Gasteiger partial charge in [-0.1, -0.05) is 64.4 Å². The molecule has 1 unspecified atom stereocenters. The molecule has 2 aromatic carbocycles. The third kappa shape index (κ3) is 2.58. The van der Waals surface area contributed by atoms with Crippen LogP contribution in [0.2, 0.25) is 0 Å². The highest BCUT2D eigenvalue weighted by Crippen LogP contribution is 2.20. The second kappa shape index (κ2) is 5.28. The second-order valence-electron chi connectivity index (χ2n) is 3.81. The van der Waals surface area contributed by atoms with E-state index in [4.69, 9.17) is 0 Å². The van der Waals surface area contributed by atoms with Crippen molar-refractivity contribution < 1.29 is 0 Å². The molecule has 2 rings (SSSR count). The van der Waals surface area contributed by atoms with Gasteiger partial charge >= 0.3 is 0 Å². The predicted molar refractivity (Wildman–Crippen MR) is 71.7 cm³/mol. The number of hydrogen-bond donors (Lipinski definition) is 0. The van der Waals surface area contributed by atoms with Crippen molar-refractivity contribution in [2.24, 2.45) is 0 Å². The molecule has 0 aliphatic carbocycles. The van der Waals surface area contributed by atoms with E-state index in [1.165, 1.54) is 35.1 Å². The smallest absolute Gasteiger partial charge is 0.0110 e. The Labute approximate surface area is 93.5 Å². The molecular weight excluding hydrogens is 199 g/mol. The molecule has 0 amide bonds. The standard InChI is InChI=1S/C14H17P/c1-2-3-11-15-14-10-6-8-12-7-4-5-9-13(12)14/h4-10,15H,2-3,11H2,1H3. The molecule has 0 radical (unpaired) electrons. The summed E-state index contributed by atoms with van der Waals surface area (Å²) in [6, 6.07) is 15.3. The van der Waals surface area contributed by atoms with Gasteiger partial charge in [0.1, 0.15) is 0 Å². The lowest BCUT2D eigenvalue weighted by molar-refractivity contribution is 0.895. The molecule has 0 aromatic heterocycles. The van der Waals surface area contributed by atoms with Gasteiger partial charge in [-0.2, -0.15) is 0 Å². The minimum absolute atomic E-state index is 0.965. The molecule has 0 heterocycles. The van der Waals surface area contributed by atoms with Crippen LogP contribution < -0.4 is 5.30 Å². The van der Waals surface area contributed by atoms with Crippen molar-refractivity contribution in [2.75, 3.05) is 6.16 Å². The lowest BCUT2D eigenvalue weighted by atomic mass is 10.1. The van der Waals surface area contributed by atoms with Gasteiger partial charge in [-0.25, -0.2) is 0 Å². The quantitative estimate of drug-likeness (QED) is 0.536. The largest absolute Gasteiger partial charge is 0.0897 e. The van der Waals surface area contributed by atoms with Crippen LogP contribution in [0.1, 0.15) is 19.8 Å². The maximum atomic E-state index is 2.27. The van der Waals surface area contributed by atoms with Gasteiger partial charge < -0.3 is 0 Å². The number of rotatable bonds is 4. The minimum Gasteiger partial charge on any atom is -0.0897 e. The molecule has 0 aliphatic heterocycles. The highest BCUT2D eigenvalue weighted by Gasteiger charge is 1.98. The molecule has 78 valence electrons. The molecule has 0 saturated heterocycles. The Morgan fingerprint density at radius 3 is 2.67 bits per heavy atom. The fourth-order valence-corrected chi connectivity index (χ4v) is 3.21. The third-order valence-electron chi connectivity index (χ3n) is 2.64. The molecule has 0 nitrogen and oxygen atoms in total. The zero-order valence-electron chi connectivity index (χ0n) is 9.16. The average molecular weight is 216 g/mol. The Bertz CT molecular complexity index is 429. The number of hydrogen-bond acceptors (Lipinski definition) is 0. The van der Waals surface area contributed by atoms with Crippen molar-refractivity contribution in [3.63, 3.8) is 0 Å². The van der Waals surface area contributed by atoms with E-state index in [-0.39, 0.29) is 0 Å². The van der Waals surface area contributed by atoms with Crippen LogP contribution >= 0.6 is 8.58 Å². The Kier molecular flexibility index (Phi) is 3.75. The predicted octanol–water partition coefficient (Wildman–Crippen LogP) is 3.94. The molecule has 0 aliphatic rings. The van der Waals surface area contributed by atoms with Crippen LogP contribution in [0.25, 0.3) is 10.8 Å². The van der Waals surface area contributed by atoms with Gasteiger partial charge in [-0.15, -0.1) is 0 Å². The number of unbranched alkanes of at least 4 members (excludes halogenated alkanes) is 1. The second-order valence-corrected chi connectivity index (χ2v) is 5.20. The van der Waals surface area contributed by atoms with Gasteiger partial charge in [-0.3, -0.25) is 0 Å². The summed E-state index contributed by atoms with van der Waals surface area (Å²) in [5.41, 5.74) is 0. The summed E-state index contributed by atoms with van der Waals surface area (Å²) >= 11 is 0. The van der Waals surface area contributed by atoms with Crippen molar-refractivity contribution >= 4 is 24.7 Å². The van der Waals surface area contributed by atoms with E-state index in [9.17, 15) is 0 Å². The number of fused-ring (bicyclic) bond motifs is 1. The van der Waals surface area contributed by atoms with Crippen molar-refractivity contribution in [2.45, 2.75) is 19.8 Å². The summed E-state index contributed by atoms with van der Waals surface area (Å²) < 4.78 is 0. The minimum atomic E-state index is 0.965. The average Bonchev–Trinajstić information content (AvgIpc) is 2.30. The van der Waals surface area contributed by atoms with Crippen LogP contribution in [0.4, 0.5) is 0 Å². The monoisotopic (exact) mass is 216 g/mol. The first-order chi connectivity index (χ1) is 7.42. The van der Waals surface area contributed by atoms with E-state index in [0.29, 0.717) is 0 Å². The first-order valence-corrected chi connectivity index (χ1v) is 6.84. The van der Waals surface area contributed by atoms with Crippen molar-refractivity contribution in [3.8, 4) is 0 Å². The summed E-state index contributed by atoms with van der Waals surface area (Å²) in [5.74, 6) is 0. The Morgan fingerprint density at radius 2 is 1.80 bits per heavy atom. The Balaban J connectivity index is 2.26. The lowest BCUT2D eigenvalue weighted by Gasteiger charge is -2.05. The Morgan fingerprint density at radius 1 is 1.00 bits per heavy atom. The highest BCUT2D eigenvalue weighted by molar-refractivity contribution is 7.47.